The summed E-state index contributed by atoms with van der Waals surface area (Å²) >= 11 is 0. The molecule has 1 N–H and O–H groups in total. The molecule has 3 rings (SSSR count). The van der Waals surface area contributed by atoms with Gasteiger partial charge < -0.3 is 28.8 Å². The molecule has 0 aliphatic heterocycles. The molecular formula is C25H22FN3O7. The average Bonchev–Trinajstić information content (AvgIpc) is 3.43. The van der Waals surface area contributed by atoms with E-state index in [0.717, 1.165) is 4.90 Å². The van der Waals surface area contributed by atoms with Gasteiger partial charge in [0.1, 0.15) is 5.82 Å². The SMILES string of the molecule is COc1cc(NC(=O)c2ccco2)c(C(=O)OCC(=O)N(CCC#N)c2ccccc2F)cc1OC. The van der Waals surface area contributed by atoms with Crippen LogP contribution in [0, 0.1) is 17.1 Å². The predicted octanol–water partition coefficient (Wildman–Crippen LogP) is 3.79. The summed E-state index contributed by atoms with van der Waals surface area (Å²) in [5.74, 6) is -2.62. The van der Waals surface area contributed by atoms with Gasteiger partial charge in [0.15, 0.2) is 23.9 Å². The molecule has 10 nitrogen and oxygen atoms in total. The summed E-state index contributed by atoms with van der Waals surface area (Å²) in [5, 5.41) is 11.5. The van der Waals surface area contributed by atoms with Crippen LogP contribution in [-0.4, -0.2) is 45.2 Å². The van der Waals surface area contributed by atoms with Gasteiger partial charge in [0.05, 0.1) is 49.9 Å². The third kappa shape index (κ3) is 5.98. The molecule has 0 spiro atoms. The smallest absolute Gasteiger partial charge is 0.340 e. The number of nitrogens with one attached hydrogen (secondary N) is 1. The van der Waals surface area contributed by atoms with Crippen molar-refractivity contribution in [3.8, 4) is 17.6 Å². The topological polar surface area (TPSA) is 131 Å². The number of halogens is 1. The summed E-state index contributed by atoms with van der Waals surface area (Å²) in [6.07, 6.45) is 1.25. The number of ether oxygens (including phenoxy) is 3. The second-order valence-corrected chi connectivity index (χ2v) is 7.17. The number of hydrogen-bond acceptors (Lipinski definition) is 8. The van der Waals surface area contributed by atoms with Crippen molar-refractivity contribution in [1.82, 2.24) is 0 Å². The Labute approximate surface area is 205 Å². The van der Waals surface area contributed by atoms with E-state index in [0.29, 0.717) is 0 Å². The van der Waals surface area contributed by atoms with Crippen LogP contribution in [0.5, 0.6) is 11.5 Å². The van der Waals surface area contributed by atoms with Gasteiger partial charge in [-0.25, -0.2) is 9.18 Å². The molecule has 0 fully saturated rings. The molecule has 0 aliphatic carbocycles. The molecule has 186 valence electrons. The molecule has 2 amide bonds. The highest BCUT2D eigenvalue weighted by atomic mass is 19.1. The lowest BCUT2D eigenvalue weighted by Gasteiger charge is -2.22. The van der Waals surface area contributed by atoms with Crippen LogP contribution in [-0.2, 0) is 9.53 Å². The number of furan rings is 1. The molecule has 0 bridgehead atoms. The molecule has 0 aliphatic rings. The minimum atomic E-state index is -0.965. The summed E-state index contributed by atoms with van der Waals surface area (Å²) in [6.45, 7) is -0.854. The van der Waals surface area contributed by atoms with Gasteiger partial charge in [0.2, 0.25) is 0 Å². The molecule has 1 aromatic heterocycles. The third-order valence-electron chi connectivity index (χ3n) is 4.96. The number of anilines is 2. The first kappa shape index (κ1) is 25.8. The summed E-state index contributed by atoms with van der Waals surface area (Å²) in [4.78, 5) is 39.3. The Morgan fingerprint density at radius 2 is 1.81 bits per heavy atom. The lowest BCUT2D eigenvalue weighted by Crippen LogP contribution is -2.36. The van der Waals surface area contributed by atoms with Crippen LogP contribution in [0.3, 0.4) is 0 Å². The van der Waals surface area contributed by atoms with Crippen LogP contribution < -0.4 is 19.7 Å². The number of carbonyl (C=O) groups is 3. The molecule has 36 heavy (non-hydrogen) atoms. The van der Waals surface area contributed by atoms with Crippen LogP contribution in [0.2, 0.25) is 0 Å². The number of benzene rings is 2. The molecule has 0 unspecified atom stereocenters. The lowest BCUT2D eigenvalue weighted by molar-refractivity contribution is -0.121. The molecular weight excluding hydrogens is 473 g/mol. The highest BCUT2D eigenvalue weighted by Crippen LogP contribution is 2.34. The fourth-order valence-corrected chi connectivity index (χ4v) is 3.24. The fraction of sp³-hybridized carbons (Fsp3) is 0.200. The van der Waals surface area contributed by atoms with Gasteiger partial charge in [0, 0.05) is 18.7 Å². The molecule has 0 radical (unpaired) electrons. The minimum Gasteiger partial charge on any atom is -0.493 e. The number of para-hydroxylation sites is 1. The van der Waals surface area contributed by atoms with Gasteiger partial charge in [-0.1, -0.05) is 12.1 Å². The molecule has 2 aromatic carbocycles. The van der Waals surface area contributed by atoms with Crippen molar-refractivity contribution in [3.05, 3.63) is 71.9 Å². The van der Waals surface area contributed by atoms with Crippen molar-refractivity contribution in [2.45, 2.75) is 6.42 Å². The zero-order valence-corrected chi connectivity index (χ0v) is 19.4. The number of hydrogen-bond donors (Lipinski definition) is 1. The van der Waals surface area contributed by atoms with Crippen molar-refractivity contribution in [2.24, 2.45) is 0 Å². The second-order valence-electron chi connectivity index (χ2n) is 7.17. The standard InChI is InChI=1S/C25H22FN3O7/c1-33-21-13-16(18(14-22(21)34-2)28-24(31)20-9-5-12-35-20)25(32)36-15-23(30)29(11-6-10-27)19-8-4-3-7-17(19)26/h3-5,7-9,12-14H,6,11,15H2,1-2H3,(H,28,31). The van der Waals surface area contributed by atoms with Gasteiger partial charge >= 0.3 is 5.97 Å². The fourth-order valence-electron chi connectivity index (χ4n) is 3.24. The van der Waals surface area contributed by atoms with E-state index in [-0.39, 0.29) is 47.2 Å². The second kappa shape index (κ2) is 12.0. The quantitative estimate of drug-likeness (QED) is 0.420. The zero-order valence-electron chi connectivity index (χ0n) is 19.4. The normalized spacial score (nSPS) is 10.2. The molecule has 1 heterocycles. The minimum absolute atomic E-state index is 0.00250. The van der Waals surface area contributed by atoms with Crippen molar-refractivity contribution in [2.75, 3.05) is 37.6 Å². The first-order chi connectivity index (χ1) is 17.4. The van der Waals surface area contributed by atoms with Crippen molar-refractivity contribution in [3.63, 3.8) is 0 Å². The maximum absolute atomic E-state index is 14.3. The van der Waals surface area contributed by atoms with Gasteiger partial charge in [-0.3, -0.25) is 9.59 Å². The Balaban J connectivity index is 1.84. The van der Waals surface area contributed by atoms with E-state index in [1.165, 1.54) is 69.0 Å². The van der Waals surface area contributed by atoms with Crippen LogP contribution in [0.25, 0.3) is 0 Å². The van der Waals surface area contributed by atoms with Gasteiger partial charge in [-0.2, -0.15) is 5.26 Å². The number of amides is 2. The largest absolute Gasteiger partial charge is 0.493 e. The summed E-state index contributed by atoms with van der Waals surface area (Å²) in [7, 11) is 2.74. The third-order valence-corrected chi connectivity index (χ3v) is 4.96. The molecule has 0 atom stereocenters. The van der Waals surface area contributed by atoms with E-state index in [1.807, 2.05) is 6.07 Å². The van der Waals surface area contributed by atoms with Crippen molar-refractivity contribution in [1.29, 1.82) is 5.26 Å². The Morgan fingerprint density at radius 3 is 2.44 bits per heavy atom. The summed E-state index contributed by atoms with van der Waals surface area (Å²) in [5.41, 5.74) is -0.164. The highest BCUT2D eigenvalue weighted by Gasteiger charge is 2.24. The number of methoxy groups -OCH3 is 2. The zero-order chi connectivity index (χ0) is 26.1. The average molecular weight is 495 g/mol. The van der Waals surface area contributed by atoms with E-state index in [1.54, 1.807) is 0 Å². The van der Waals surface area contributed by atoms with E-state index in [9.17, 15) is 18.8 Å². The molecule has 0 saturated heterocycles. The van der Waals surface area contributed by atoms with E-state index in [4.69, 9.17) is 23.9 Å². The monoisotopic (exact) mass is 495 g/mol. The number of esters is 1. The van der Waals surface area contributed by atoms with Crippen LogP contribution in [0.1, 0.15) is 27.3 Å². The Kier molecular flexibility index (Phi) is 8.61. The van der Waals surface area contributed by atoms with Crippen molar-refractivity contribution >= 4 is 29.2 Å². The summed E-state index contributed by atoms with van der Waals surface area (Å²) < 4.78 is 35.0. The maximum Gasteiger partial charge on any atom is 0.340 e. The van der Waals surface area contributed by atoms with E-state index in [2.05, 4.69) is 5.32 Å². The molecule has 3 aromatic rings. The Morgan fingerprint density at radius 1 is 1.08 bits per heavy atom. The van der Waals surface area contributed by atoms with Crippen LogP contribution >= 0.6 is 0 Å². The Bertz CT molecular complexity index is 1290. The lowest BCUT2D eigenvalue weighted by atomic mass is 10.1. The first-order valence-corrected chi connectivity index (χ1v) is 10.6. The number of rotatable bonds is 10. The Hall–Kier alpha value is -4.85. The van der Waals surface area contributed by atoms with E-state index >= 15 is 0 Å². The number of nitrogens with zero attached hydrogens (tertiary/aromatic N) is 2. The van der Waals surface area contributed by atoms with Crippen molar-refractivity contribution < 1.29 is 37.4 Å². The van der Waals surface area contributed by atoms with Gasteiger partial charge in [0.25, 0.3) is 11.8 Å². The molecule has 0 saturated carbocycles. The highest BCUT2D eigenvalue weighted by molar-refractivity contribution is 6.07. The molecule has 11 heteroatoms. The number of nitriles is 1. The van der Waals surface area contributed by atoms with Crippen LogP contribution in [0.15, 0.2) is 59.2 Å². The number of carbonyl (C=O) groups excluding carboxylic acids is 3. The van der Waals surface area contributed by atoms with Crippen LogP contribution in [0.4, 0.5) is 15.8 Å². The maximum atomic E-state index is 14.3. The van der Waals surface area contributed by atoms with E-state index < -0.39 is 30.2 Å². The van der Waals surface area contributed by atoms with Gasteiger partial charge in [-0.05, 0) is 24.3 Å². The predicted molar refractivity (Wildman–Crippen MR) is 125 cm³/mol. The first-order valence-electron chi connectivity index (χ1n) is 10.6. The van der Waals surface area contributed by atoms with Gasteiger partial charge in [-0.15, -0.1) is 0 Å². The summed E-state index contributed by atoms with van der Waals surface area (Å²) in [6, 6.07) is 13.0.